The van der Waals surface area contributed by atoms with Crippen LogP contribution in [0.3, 0.4) is 0 Å². The Bertz CT molecular complexity index is 417. The third-order valence-corrected chi connectivity index (χ3v) is 5.39. The molecule has 1 aromatic carbocycles. The first-order valence-electron chi connectivity index (χ1n) is 8.34. The van der Waals surface area contributed by atoms with Crippen LogP contribution in [0.5, 0.6) is 0 Å². The molecule has 0 bridgehead atoms. The van der Waals surface area contributed by atoms with Crippen LogP contribution in [0.4, 0.5) is 0 Å². The molecule has 112 valence electrons. The second-order valence-corrected chi connectivity index (χ2v) is 6.87. The lowest BCUT2D eigenvalue weighted by Crippen LogP contribution is -2.34. The molecule has 1 aliphatic rings. The standard InChI is InChI=1S/C19H31N/c1-6-20-19(17-11-10-13(2)16(5)12-17)18-14(3)8-7-9-15(18)4/h7-9,13,16-17,19-20H,6,10-12H2,1-5H3. The van der Waals surface area contributed by atoms with Gasteiger partial charge in [-0.3, -0.25) is 0 Å². The molecule has 1 aliphatic carbocycles. The van der Waals surface area contributed by atoms with Crippen LogP contribution in [0, 0.1) is 31.6 Å². The fraction of sp³-hybridized carbons (Fsp3) is 0.684. The van der Waals surface area contributed by atoms with Crippen molar-refractivity contribution in [2.45, 2.75) is 59.9 Å². The van der Waals surface area contributed by atoms with Crippen LogP contribution in [0.2, 0.25) is 0 Å². The van der Waals surface area contributed by atoms with Gasteiger partial charge in [0.2, 0.25) is 0 Å². The number of rotatable bonds is 4. The van der Waals surface area contributed by atoms with Crippen LogP contribution in [-0.2, 0) is 0 Å². The van der Waals surface area contributed by atoms with E-state index in [0.29, 0.717) is 6.04 Å². The van der Waals surface area contributed by atoms with E-state index in [0.717, 1.165) is 24.3 Å². The summed E-state index contributed by atoms with van der Waals surface area (Å²) in [6.45, 7) is 12.7. The van der Waals surface area contributed by atoms with E-state index in [1.807, 2.05) is 0 Å². The van der Waals surface area contributed by atoms with E-state index in [-0.39, 0.29) is 0 Å². The minimum absolute atomic E-state index is 0.538. The molecule has 1 aromatic rings. The molecule has 0 amide bonds. The van der Waals surface area contributed by atoms with Gasteiger partial charge in [0.15, 0.2) is 0 Å². The lowest BCUT2D eigenvalue weighted by Gasteiger charge is -2.38. The van der Waals surface area contributed by atoms with Crippen LogP contribution in [-0.4, -0.2) is 6.54 Å². The summed E-state index contributed by atoms with van der Waals surface area (Å²) in [6.07, 6.45) is 4.13. The van der Waals surface area contributed by atoms with Gasteiger partial charge in [0.1, 0.15) is 0 Å². The highest BCUT2D eigenvalue weighted by Gasteiger charge is 2.31. The zero-order valence-corrected chi connectivity index (χ0v) is 13.9. The van der Waals surface area contributed by atoms with Crippen molar-refractivity contribution in [1.82, 2.24) is 5.32 Å². The molecular formula is C19H31N. The molecule has 4 atom stereocenters. The van der Waals surface area contributed by atoms with Crippen LogP contribution < -0.4 is 5.32 Å². The smallest absolute Gasteiger partial charge is 0.0353 e. The zero-order valence-electron chi connectivity index (χ0n) is 13.9. The molecule has 1 saturated carbocycles. The minimum atomic E-state index is 0.538. The van der Waals surface area contributed by atoms with Crippen molar-refractivity contribution in [2.75, 3.05) is 6.54 Å². The van der Waals surface area contributed by atoms with E-state index < -0.39 is 0 Å². The molecule has 20 heavy (non-hydrogen) atoms. The molecule has 0 heterocycles. The molecule has 1 nitrogen and oxygen atoms in total. The van der Waals surface area contributed by atoms with Crippen molar-refractivity contribution >= 4 is 0 Å². The minimum Gasteiger partial charge on any atom is -0.310 e. The van der Waals surface area contributed by atoms with Crippen LogP contribution in [0.1, 0.15) is 62.8 Å². The second-order valence-electron chi connectivity index (χ2n) is 6.87. The molecule has 0 aliphatic heterocycles. The molecule has 0 radical (unpaired) electrons. The summed E-state index contributed by atoms with van der Waals surface area (Å²) in [4.78, 5) is 0. The highest BCUT2D eigenvalue weighted by atomic mass is 14.9. The van der Waals surface area contributed by atoms with E-state index >= 15 is 0 Å². The molecule has 1 N–H and O–H groups in total. The number of hydrogen-bond acceptors (Lipinski definition) is 1. The molecular weight excluding hydrogens is 242 g/mol. The van der Waals surface area contributed by atoms with Gasteiger partial charge in [0.25, 0.3) is 0 Å². The van der Waals surface area contributed by atoms with Crippen molar-refractivity contribution in [3.63, 3.8) is 0 Å². The van der Waals surface area contributed by atoms with Crippen molar-refractivity contribution in [1.29, 1.82) is 0 Å². The van der Waals surface area contributed by atoms with Gasteiger partial charge in [-0.1, -0.05) is 45.4 Å². The average molecular weight is 273 g/mol. The SMILES string of the molecule is CCNC(c1c(C)cccc1C)C1CCC(C)C(C)C1. The third-order valence-electron chi connectivity index (χ3n) is 5.39. The van der Waals surface area contributed by atoms with Gasteiger partial charge in [-0.25, -0.2) is 0 Å². The topological polar surface area (TPSA) is 12.0 Å². The first-order chi connectivity index (χ1) is 9.54. The van der Waals surface area contributed by atoms with Crippen molar-refractivity contribution < 1.29 is 0 Å². The predicted molar refractivity (Wildman–Crippen MR) is 88.0 cm³/mol. The van der Waals surface area contributed by atoms with E-state index in [2.05, 4.69) is 58.1 Å². The lowest BCUT2D eigenvalue weighted by molar-refractivity contribution is 0.171. The van der Waals surface area contributed by atoms with Gasteiger partial charge >= 0.3 is 0 Å². The summed E-state index contributed by atoms with van der Waals surface area (Å²) in [5.74, 6) is 2.55. The Kier molecular flexibility index (Phi) is 5.26. The van der Waals surface area contributed by atoms with Gasteiger partial charge in [-0.2, -0.15) is 0 Å². The Hall–Kier alpha value is -0.820. The molecule has 4 unspecified atom stereocenters. The molecule has 0 aromatic heterocycles. The Balaban J connectivity index is 2.27. The number of aryl methyl sites for hydroxylation is 2. The normalized spacial score (nSPS) is 28.4. The van der Waals surface area contributed by atoms with Gasteiger partial charge in [-0.05, 0) is 67.7 Å². The Labute approximate surface area is 125 Å². The zero-order chi connectivity index (χ0) is 14.7. The monoisotopic (exact) mass is 273 g/mol. The fourth-order valence-corrected chi connectivity index (χ4v) is 3.93. The van der Waals surface area contributed by atoms with Gasteiger partial charge in [0.05, 0.1) is 0 Å². The maximum Gasteiger partial charge on any atom is 0.0353 e. The summed E-state index contributed by atoms with van der Waals surface area (Å²) >= 11 is 0. The van der Waals surface area contributed by atoms with Crippen molar-refractivity contribution in [3.8, 4) is 0 Å². The number of benzene rings is 1. The average Bonchev–Trinajstić information content (AvgIpc) is 2.41. The van der Waals surface area contributed by atoms with E-state index in [4.69, 9.17) is 0 Å². The molecule has 0 spiro atoms. The number of hydrogen-bond donors (Lipinski definition) is 1. The predicted octanol–water partition coefficient (Wildman–Crippen LogP) is 5.03. The largest absolute Gasteiger partial charge is 0.310 e. The maximum absolute atomic E-state index is 3.79. The molecule has 1 heteroatoms. The molecule has 2 rings (SSSR count). The Morgan fingerprint density at radius 3 is 2.30 bits per heavy atom. The van der Waals surface area contributed by atoms with Crippen LogP contribution in [0.15, 0.2) is 18.2 Å². The summed E-state index contributed by atoms with van der Waals surface area (Å²) in [7, 11) is 0. The summed E-state index contributed by atoms with van der Waals surface area (Å²) in [5, 5.41) is 3.79. The van der Waals surface area contributed by atoms with Crippen molar-refractivity contribution in [3.05, 3.63) is 34.9 Å². The van der Waals surface area contributed by atoms with Crippen LogP contribution in [0.25, 0.3) is 0 Å². The Morgan fingerprint density at radius 1 is 1.10 bits per heavy atom. The van der Waals surface area contributed by atoms with Crippen molar-refractivity contribution in [2.24, 2.45) is 17.8 Å². The molecule has 1 fully saturated rings. The highest BCUT2D eigenvalue weighted by Crippen LogP contribution is 2.41. The van der Waals surface area contributed by atoms with Gasteiger partial charge < -0.3 is 5.32 Å². The highest BCUT2D eigenvalue weighted by molar-refractivity contribution is 5.36. The lowest BCUT2D eigenvalue weighted by atomic mass is 9.71. The number of nitrogens with one attached hydrogen (secondary N) is 1. The first kappa shape index (κ1) is 15.6. The molecule has 0 saturated heterocycles. The van der Waals surface area contributed by atoms with E-state index in [9.17, 15) is 0 Å². The van der Waals surface area contributed by atoms with E-state index in [1.165, 1.54) is 30.4 Å². The quantitative estimate of drug-likeness (QED) is 0.811. The Morgan fingerprint density at radius 2 is 1.75 bits per heavy atom. The summed E-state index contributed by atoms with van der Waals surface area (Å²) < 4.78 is 0. The summed E-state index contributed by atoms with van der Waals surface area (Å²) in [6, 6.07) is 7.25. The third kappa shape index (κ3) is 3.25. The van der Waals surface area contributed by atoms with Gasteiger partial charge in [-0.15, -0.1) is 0 Å². The fourth-order valence-electron chi connectivity index (χ4n) is 3.93. The summed E-state index contributed by atoms with van der Waals surface area (Å²) in [5.41, 5.74) is 4.45. The van der Waals surface area contributed by atoms with Gasteiger partial charge in [0, 0.05) is 6.04 Å². The van der Waals surface area contributed by atoms with E-state index in [1.54, 1.807) is 5.56 Å². The van der Waals surface area contributed by atoms with Crippen LogP contribution >= 0.6 is 0 Å². The second kappa shape index (κ2) is 6.76. The first-order valence-corrected chi connectivity index (χ1v) is 8.34. The maximum atomic E-state index is 3.79.